The number of anilines is 1. The number of halogens is 1. The third kappa shape index (κ3) is 7.10. The summed E-state index contributed by atoms with van der Waals surface area (Å²) in [4.78, 5) is 27.7. The van der Waals surface area contributed by atoms with Gasteiger partial charge in [-0.05, 0) is 77.8 Å². The van der Waals surface area contributed by atoms with Crippen LogP contribution in [0.25, 0.3) is 0 Å². The van der Waals surface area contributed by atoms with Gasteiger partial charge < -0.3 is 19.7 Å². The molecule has 3 rings (SSSR count). The highest BCUT2D eigenvalue weighted by Crippen LogP contribution is 2.31. The number of benzene rings is 3. The third-order valence-corrected chi connectivity index (χ3v) is 8.63. The van der Waals surface area contributed by atoms with E-state index in [1.165, 1.54) is 37.3 Å². The van der Waals surface area contributed by atoms with E-state index >= 15 is 0 Å². The van der Waals surface area contributed by atoms with Crippen LogP contribution in [-0.2, 0) is 26.2 Å². The number of hydrogen-bond donors (Lipinski definition) is 1. The number of nitrogens with zero attached hydrogens (tertiary/aromatic N) is 2. The molecular formula is C28H32BrN3O6S. The molecule has 3 aromatic rings. The number of carbonyl (C=O) groups is 2. The monoisotopic (exact) mass is 617 g/mol. The molecule has 2 amide bonds. The van der Waals surface area contributed by atoms with E-state index in [1.54, 1.807) is 62.6 Å². The number of amides is 2. The molecule has 9 nitrogen and oxygen atoms in total. The van der Waals surface area contributed by atoms with Gasteiger partial charge in [0, 0.05) is 13.6 Å². The fraction of sp³-hybridized carbons (Fsp3) is 0.286. The van der Waals surface area contributed by atoms with Crippen molar-refractivity contribution >= 4 is 43.5 Å². The smallest absolute Gasteiger partial charge is 0.264 e. The third-order valence-electron chi connectivity index (χ3n) is 6.24. The molecule has 208 valence electrons. The molecule has 11 heteroatoms. The van der Waals surface area contributed by atoms with Crippen molar-refractivity contribution in [2.24, 2.45) is 0 Å². The van der Waals surface area contributed by atoms with Gasteiger partial charge in [0.15, 0.2) is 0 Å². The maximum Gasteiger partial charge on any atom is 0.264 e. The van der Waals surface area contributed by atoms with Crippen molar-refractivity contribution in [3.8, 4) is 11.5 Å². The van der Waals surface area contributed by atoms with Crippen LogP contribution in [0, 0.1) is 6.92 Å². The van der Waals surface area contributed by atoms with Gasteiger partial charge in [-0.3, -0.25) is 13.9 Å². The zero-order valence-corrected chi connectivity index (χ0v) is 24.9. The largest absolute Gasteiger partial charge is 0.497 e. The molecule has 1 N–H and O–H groups in total. The first kappa shape index (κ1) is 30.0. The quantitative estimate of drug-likeness (QED) is 0.347. The zero-order chi connectivity index (χ0) is 28.7. The average molecular weight is 619 g/mol. The number of nitrogens with one attached hydrogen (secondary N) is 1. The molecule has 0 bridgehead atoms. The van der Waals surface area contributed by atoms with Crippen LogP contribution in [0.15, 0.2) is 76.1 Å². The van der Waals surface area contributed by atoms with Gasteiger partial charge in [0.1, 0.15) is 24.1 Å². The Balaban J connectivity index is 2.03. The second-order valence-corrected chi connectivity index (χ2v) is 11.5. The lowest BCUT2D eigenvalue weighted by Crippen LogP contribution is -2.50. The van der Waals surface area contributed by atoms with Gasteiger partial charge >= 0.3 is 0 Å². The molecule has 0 fully saturated rings. The first-order chi connectivity index (χ1) is 18.5. The highest BCUT2D eigenvalue weighted by atomic mass is 79.9. The molecule has 1 atom stereocenters. The van der Waals surface area contributed by atoms with Crippen LogP contribution in [-0.4, -0.2) is 59.0 Å². The Morgan fingerprint density at radius 2 is 1.62 bits per heavy atom. The second kappa shape index (κ2) is 13.0. The van der Waals surface area contributed by atoms with Crippen molar-refractivity contribution < 1.29 is 27.5 Å². The summed E-state index contributed by atoms with van der Waals surface area (Å²) in [5.41, 5.74) is 2.01. The lowest BCUT2D eigenvalue weighted by atomic mass is 10.1. The molecule has 0 aliphatic heterocycles. The van der Waals surface area contributed by atoms with Gasteiger partial charge in [0.05, 0.1) is 29.3 Å². The Hall–Kier alpha value is -3.57. The van der Waals surface area contributed by atoms with Crippen LogP contribution in [0.2, 0.25) is 0 Å². The van der Waals surface area contributed by atoms with Crippen molar-refractivity contribution in [3.05, 3.63) is 82.3 Å². The van der Waals surface area contributed by atoms with Crippen LogP contribution in [0.3, 0.4) is 0 Å². The van der Waals surface area contributed by atoms with Gasteiger partial charge in [-0.15, -0.1) is 0 Å². The Morgan fingerprint density at radius 3 is 2.15 bits per heavy atom. The number of aryl methyl sites for hydroxylation is 1. The molecule has 0 heterocycles. The SMILES string of the molecule is CNC(=O)[C@H](C)N(Cc1ccc(OC)cc1)C(=O)CN(c1ccc(C)cc1)S(=O)(=O)c1ccc(OC)c(Br)c1. The Bertz CT molecular complexity index is 1410. The number of methoxy groups -OCH3 is 2. The lowest BCUT2D eigenvalue weighted by Gasteiger charge is -2.32. The minimum atomic E-state index is -4.19. The molecule has 39 heavy (non-hydrogen) atoms. The highest BCUT2D eigenvalue weighted by molar-refractivity contribution is 9.10. The molecule has 0 aliphatic rings. The van der Waals surface area contributed by atoms with E-state index < -0.39 is 28.5 Å². The molecular weight excluding hydrogens is 586 g/mol. The minimum absolute atomic E-state index is 0.0235. The number of hydrogen-bond acceptors (Lipinski definition) is 6. The van der Waals surface area contributed by atoms with Crippen molar-refractivity contribution in [2.75, 3.05) is 32.1 Å². The van der Waals surface area contributed by atoms with Crippen molar-refractivity contribution in [1.82, 2.24) is 10.2 Å². The summed E-state index contributed by atoms with van der Waals surface area (Å²) in [7, 11) is 0.331. The van der Waals surface area contributed by atoms with Crippen LogP contribution < -0.4 is 19.1 Å². The van der Waals surface area contributed by atoms with E-state index in [-0.39, 0.29) is 17.3 Å². The maximum absolute atomic E-state index is 13.9. The van der Waals surface area contributed by atoms with Crippen LogP contribution in [0.1, 0.15) is 18.1 Å². The molecule has 0 aromatic heterocycles. The summed E-state index contributed by atoms with van der Waals surface area (Å²) in [5, 5.41) is 2.57. The first-order valence-corrected chi connectivity index (χ1v) is 14.3. The minimum Gasteiger partial charge on any atom is -0.497 e. The molecule has 3 aromatic carbocycles. The van der Waals surface area contributed by atoms with Gasteiger partial charge in [-0.25, -0.2) is 8.42 Å². The van der Waals surface area contributed by atoms with E-state index in [2.05, 4.69) is 21.2 Å². The second-order valence-electron chi connectivity index (χ2n) is 8.80. The van der Waals surface area contributed by atoms with Crippen molar-refractivity contribution in [3.63, 3.8) is 0 Å². The van der Waals surface area contributed by atoms with Gasteiger partial charge in [-0.1, -0.05) is 29.8 Å². The van der Waals surface area contributed by atoms with E-state index in [0.717, 1.165) is 15.4 Å². The Morgan fingerprint density at radius 1 is 0.974 bits per heavy atom. The predicted molar refractivity (Wildman–Crippen MR) is 153 cm³/mol. The summed E-state index contributed by atoms with van der Waals surface area (Å²) in [6.45, 7) is 3.06. The summed E-state index contributed by atoms with van der Waals surface area (Å²) in [5.74, 6) is 0.203. The fourth-order valence-corrected chi connectivity index (χ4v) is 6.03. The van der Waals surface area contributed by atoms with Gasteiger partial charge in [0.2, 0.25) is 11.8 Å². The molecule has 0 aliphatic carbocycles. The van der Waals surface area contributed by atoms with Gasteiger partial charge in [-0.2, -0.15) is 0 Å². The summed E-state index contributed by atoms with van der Waals surface area (Å²) >= 11 is 3.34. The number of likely N-dealkylation sites (N-methyl/N-ethyl adjacent to an activating group) is 1. The van der Waals surface area contributed by atoms with Crippen LogP contribution in [0.5, 0.6) is 11.5 Å². The number of sulfonamides is 1. The van der Waals surface area contributed by atoms with Gasteiger partial charge in [0.25, 0.3) is 10.0 Å². The number of ether oxygens (including phenoxy) is 2. The average Bonchev–Trinajstić information content (AvgIpc) is 2.94. The van der Waals surface area contributed by atoms with E-state index in [0.29, 0.717) is 21.7 Å². The molecule has 0 saturated heterocycles. The first-order valence-electron chi connectivity index (χ1n) is 12.1. The number of carbonyl (C=O) groups excluding carboxylic acids is 2. The Kier molecular flexibility index (Phi) is 9.98. The standard InChI is InChI=1S/C28H32BrN3O6S/c1-19-6-10-22(11-7-19)32(39(35,36)24-14-15-26(38-5)25(29)16-24)18-27(33)31(20(2)28(34)30-3)17-21-8-12-23(37-4)13-9-21/h6-16,20H,17-18H2,1-5H3,(H,30,34)/t20-/m0/s1. The van der Waals surface area contributed by atoms with E-state index in [9.17, 15) is 18.0 Å². The molecule has 0 unspecified atom stereocenters. The zero-order valence-electron chi connectivity index (χ0n) is 22.5. The fourth-order valence-electron chi connectivity index (χ4n) is 3.89. The Labute approximate surface area is 237 Å². The maximum atomic E-state index is 13.9. The number of rotatable bonds is 11. The van der Waals surface area contributed by atoms with Crippen molar-refractivity contribution in [1.29, 1.82) is 0 Å². The molecule has 0 spiro atoms. The molecule has 0 radical (unpaired) electrons. The predicted octanol–water partition coefficient (Wildman–Crippen LogP) is 4.13. The van der Waals surface area contributed by atoms with Crippen molar-refractivity contribution in [2.45, 2.75) is 31.3 Å². The summed E-state index contributed by atoms with van der Waals surface area (Å²) < 4.78 is 39.8. The van der Waals surface area contributed by atoms with Crippen LogP contribution in [0.4, 0.5) is 5.69 Å². The molecule has 0 saturated carbocycles. The summed E-state index contributed by atoms with van der Waals surface area (Å²) in [6, 6.07) is 17.5. The highest BCUT2D eigenvalue weighted by Gasteiger charge is 2.32. The summed E-state index contributed by atoms with van der Waals surface area (Å²) in [6.07, 6.45) is 0. The lowest BCUT2D eigenvalue weighted by molar-refractivity contribution is -0.139. The van der Waals surface area contributed by atoms with E-state index in [4.69, 9.17) is 9.47 Å². The van der Waals surface area contributed by atoms with Crippen LogP contribution >= 0.6 is 15.9 Å². The topological polar surface area (TPSA) is 105 Å². The van der Waals surface area contributed by atoms with E-state index in [1.807, 2.05) is 6.92 Å². The normalized spacial score (nSPS) is 11.8.